The van der Waals surface area contributed by atoms with Gasteiger partial charge in [-0.05, 0) is 62.2 Å². The maximum absolute atomic E-state index is 14.7. The van der Waals surface area contributed by atoms with Gasteiger partial charge in [-0.3, -0.25) is 19.3 Å². The number of ketones is 2. The molecule has 0 bridgehead atoms. The van der Waals surface area contributed by atoms with Crippen molar-refractivity contribution >= 4 is 23.2 Å². The highest BCUT2D eigenvalue weighted by Crippen LogP contribution is 2.53. The predicted octanol–water partition coefficient (Wildman–Crippen LogP) is 1.91. The first-order valence-corrected chi connectivity index (χ1v) is 11.8. The maximum Gasteiger partial charge on any atom is 0.255 e. The van der Waals surface area contributed by atoms with Crippen LogP contribution in [0.4, 0.5) is 8.78 Å². The third-order valence-electron chi connectivity index (χ3n) is 7.83. The molecule has 1 amide bonds. The Morgan fingerprint density at radius 3 is 2.34 bits per heavy atom. The highest BCUT2D eigenvalue weighted by atomic mass is 19.1. The molecule has 0 saturated heterocycles. The van der Waals surface area contributed by atoms with Gasteiger partial charge in [0.05, 0.1) is 11.6 Å². The topological polar surface area (TPSA) is 161 Å². The highest BCUT2D eigenvalue weighted by Gasteiger charge is 2.64. The van der Waals surface area contributed by atoms with Crippen molar-refractivity contribution in [3.63, 3.8) is 0 Å². The van der Waals surface area contributed by atoms with Gasteiger partial charge in [0.15, 0.2) is 11.4 Å². The van der Waals surface area contributed by atoms with Crippen LogP contribution in [0.1, 0.15) is 17.5 Å². The molecule has 1 fully saturated rings. The van der Waals surface area contributed by atoms with E-state index in [0.29, 0.717) is 6.07 Å². The number of phenols is 1. The number of aliphatic hydroxyl groups is 3. The van der Waals surface area contributed by atoms with Crippen molar-refractivity contribution in [2.45, 2.75) is 24.5 Å². The number of rotatable bonds is 3. The number of primary amides is 1. The second-order valence-electron chi connectivity index (χ2n) is 10.1. The fourth-order valence-electron chi connectivity index (χ4n) is 6.20. The highest BCUT2D eigenvalue weighted by molar-refractivity contribution is 6.24. The van der Waals surface area contributed by atoms with Gasteiger partial charge in [0.2, 0.25) is 5.78 Å². The number of fused-ring (bicyclic) bond motifs is 3. The van der Waals surface area contributed by atoms with Crippen molar-refractivity contribution in [3.05, 3.63) is 70.0 Å². The van der Waals surface area contributed by atoms with E-state index in [1.807, 2.05) is 0 Å². The Bertz CT molecular complexity index is 1510. The normalized spacial score (nSPS) is 26.8. The molecule has 3 aliphatic rings. The van der Waals surface area contributed by atoms with Crippen LogP contribution >= 0.6 is 0 Å². The fourth-order valence-corrected chi connectivity index (χ4v) is 6.20. The number of likely N-dealkylation sites (N-methyl/N-ethyl adjacent to an activating group) is 1. The van der Waals surface area contributed by atoms with Crippen LogP contribution in [0.15, 0.2) is 47.2 Å². The zero-order chi connectivity index (χ0) is 27.8. The first-order chi connectivity index (χ1) is 17.8. The van der Waals surface area contributed by atoms with E-state index in [4.69, 9.17) is 5.73 Å². The van der Waals surface area contributed by atoms with E-state index in [2.05, 4.69) is 0 Å². The summed E-state index contributed by atoms with van der Waals surface area (Å²) in [7, 11) is 3.00. The fraction of sp³-hybridized carbons (Fsp3) is 0.296. The molecular formula is C27H24F2N2O7. The van der Waals surface area contributed by atoms with E-state index >= 15 is 0 Å². The van der Waals surface area contributed by atoms with E-state index in [9.17, 15) is 43.6 Å². The third-order valence-corrected chi connectivity index (χ3v) is 7.83. The average Bonchev–Trinajstić information content (AvgIpc) is 2.81. The molecule has 5 rings (SSSR count). The number of Topliss-reactive ketones (excluding diaryl/α,β-unsaturated/α-hetero) is 2. The van der Waals surface area contributed by atoms with Gasteiger partial charge in [0.1, 0.15) is 34.5 Å². The first kappa shape index (κ1) is 25.6. The van der Waals surface area contributed by atoms with Gasteiger partial charge in [-0.15, -0.1) is 0 Å². The summed E-state index contributed by atoms with van der Waals surface area (Å²) >= 11 is 0. The van der Waals surface area contributed by atoms with Crippen molar-refractivity contribution in [2.24, 2.45) is 17.6 Å². The van der Waals surface area contributed by atoms with Crippen LogP contribution in [-0.4, -0.2) is 68.5 Å². The summed E-state index contributed by atoms with van der Waals surface area (Å²) in [6.07, 6.45) is -0.123. The summed E-state index contributed by atoms with van der Waals surface area (Å²) in [5, 5.41) is 44.3. The SMILES string of the molecule is CN(C)[C@H]1C(=O)C(C(N)=O)=C(O)[C@]2(O)C(=O)C3=C(O)c4c(O)ccc(-c5ccc(F)cc5F)c4C[C@@H]3C[C@H]12. The molecule has 3 aliphatic carbocycles. The molecule has 0 radical (unpaired) electrons. The Morgan fingerprint density at radius 2 is 1.74 bits per heavy atom. The molecule has 0 heterocycles. The minimum atomic E-state index is -2.75. The van der Waals surface area contributed by atoms with Crippen molar-refractivity contribution in [2.75, 3.05) is 14.1 Å². The van der Waals surface area contributed by atoms with Crippen LogP contribution in [-0.2, 0) is 20.8 Å². The van der Waals surface area contributed by atoms with E-state index in [0.717, 1.165) is 6.07 Å². The Morgan fingerprint density at radius 1 is 1.08 bits per heavy atom. The van der Waals surface area contributed by atoms with Gasteiger partial charge >= 0.3 is 0 Å². The summed E-state index contributed by atoms with van der Waals surface area (Å²) in [5.41, 5.74) is 1.69. The minimum absolute atomic E-state index is 0.00299. The molecule has 2 aromatic carbocycles. The van der Waals surface area contributed by atoms with E-state index < -0.39 is 75.4 Å². The van der Waals surface area contributed by atoms with Crippen LogP contribution in [0.3, 0.4) is 0 Å². The first-order valence-electron chi connectivity index (χ1n) is 11.8. The lowest BCUT2D eigenvalue weighted by atomic mass is 9.57. The minimum Gasteiger partial charge on any atom is -0.508 e. The maximum atomic E-state index is 14.7. The van der Waals surface area contributed by atoms with Gasteiger partial charge in [-0.2, -0.15) is 0 Å². The summed E-state index contributed by atoms with van der Waals surface area (Å²) in [6.45, 7) is 0. The van der Waals surface area contributed by atoms with Crippen molar-refractivity contribution < 1.29 is 43.6 Å². The molecule has 0 unspecified atom stereocenters. The molecule has 11 heteroatoms. The quantitative estimate of drug-likeness (QED) is 0.379. The Kier molecular flexibility index (Phi) is 5.69. The number of aliphatic hydroxyl groups excluding tert-OH is 2. The summed E-state index contributed by atoms with van der Waals surface area (Å²) in [4.78, 5) is 40.4. The zero-order valence-electron chi connectivity index (χ0n) is 20.3. The lowest BCUT2D eigenvalue weighted by molar-refractivity contribution is -0.153. The second kappa shape index (κ2) is 8.47. The van der Waals surface area contributed by atoms with Crippen molar-refractivity contribution in [3.8, 4) is 16.9 Å². The van der Waals surface area contributed by atoms with Gasteiger partial charge < -0.3 is 26.2 Å². The number of nitrogens with zero attached hydrogens (tertiary/aromatic N) is 1. The summed E-state index contributed by atoms with van der Waals surface area (Å²) < 4.78 is 28.3. The smallest absolute Gasteiger partial charge is 0.255 e. The van der Waals surface area contributed by atoms with Crippen LogP contribution in [0, 0.1) is 23.5 Å². The predicted molar refractivity (Wildman–Crippen MR) is 130 cm³/mol. The molecule has 0 spiro atoms. The molecule has 6 N–H and O–H groups in total. The molecular weight excluding hydrogens is 502 g/mol. The Balaban J connectivity index is 1.75. The second-order valence-corrected chi connectivity index (χ2v) is 10.1. The molecule has 4 atom stereocenters. The molecule has 2 aromatic rings. The van der Waals surface area contributed by atoms with E-state index in [1.165, 1.54) is 37.2 Å². The van der Waals surface area contributed by atoms with E-state index in [1.54, 1.807) is 0 Å². The Hall–Kier alpha value is -4.09. The van der Waals surface area contributed by atoms with Crippen LogP contribution in [0.5, 0.6) is 5.75 Å². The third kappa shape index (κ3) is 3.31. The number of carbonyl (C=O) groups excluding carboxylic acids is 3. The lowest BCUT2D eigenvalue weighted by Gasteiger charge is -2.50. The molecule has 0 aromatic heterocycles. The number of nitrogens with two attached hydrogens (primary N) is 1. The summed E-state index contributed by atoms with van der Waals surface area (Å²) in [6, 6.07) is 4.35. The number of halogens is 2. The van der Waals surface area contributed by atoms with Crippen molar-refractivity contribution in [1.29, 1.82) is 0 Å². The van der Waals surface area contributed by atoms with Gasteiger partial charge in [-0.1, -0.05) is 6.07 Å². The number of benzene rings is 2. The van der Waals surface area contributed by atoms with Gasteiger partial charge in [0, 0.05) is 23.1 Å². The molecule has 0 aliphatic heterocycles. The number of hydrogen-bond acceptors (Lipinski definition) is 8. The molecule has 1 saturated carbocycles. The number of amides is 1. The molecule has 38 heavy (non-hydrogen) atoms. The Labute approximate surface area is 215 Å². The number of phenolic OH excluding ortho intramolecular Hbond substituents is 1. The number of hydrogen-bond donors (Lipinski definition) is 5. The summed E-state index contributed by atoms with van der Waals surface area (Å²) in [5.74, 6) is -9.34. The molecule has 198 valence electrons. The standard InChI is InChI=1S/C27H24F2N2O7/c1-31(2)21-15-8-10-7-14-12(13-4-3-11(28)9-16(13)29)5-6-17(32)19(14)22(33)18(10)24(35)27(15,38)25(36)20(23(21)34)26(30)37/h3-6,9-10,15,21,32-33,36,38H,7-8H2,1-2H3,(H2,30,37)/t10-,15-,21-,27-/m1/s1. The monoisotopic (exact) mass is 526 g/mol. The lowest BCUT2D eigenvalue weighted by Crippen LogP contribution is -2.65. The largest absolute Gasteiger partial charge is 0.508 e. The van der Waals surface area contributed by atoms with Crippen LogP contribution in [0.2, 0.25) is 0 Å². The number of aromatic hydroxyl groups is 1. The van der Waals surface area contributed by atoms with Crippen LogP contribution < -0.4 is 5.73 Å². The van der Waals surface area contributed by atoms with E-state index in [-0.39, 0.29) is 40.7 Å². The van der Waals surface area contributed by atoms with Crippen LogP contribution in [0.25, 0.3) is 16.9 Å². The number of carbonyl (C=O) groups is 3. The zero-order valence-corrected chi connectivity index (χ0v) is 20.3. The van der Waals surface area contributed by atoms with Gasteiger partial charge in [0.25, 0.3) is 5.91 Å². The average molecular weight is 526 g/mol. The molecule has 9 nitrogen and oxygen atoms in total. The van der Waals surface area contributed by atoms with Crippen molar-refractivity contribution in [1.82, 2.24) is 4.90 Å². The van der Waals surface area contributed by atoms with Gasteiger partial charge in [-0.25, -0.2) is 8.78 Å².